The second kappa shape index (κ2) is 9.91. The second-order valence-corrected chi connectivity index (χ2v) is 8.24. The van der Waals surface area contributed by atoms with Crippen LogP contribution in [-0.2, 0) is 4.79 Å². The maximum Gasteiger partial charge on any atom is 0.260 e. The molecule has 3 rings (SSSR count). The summed E-state index contributed by atoms with van der Waals surface area (Å²) in [5.74, 6) is 0.152. The Kier molecular flexibility index (Phi) is 7.30. The second-order valence-electron chi connectivity index (χ2n) is 6.99. The molecule has 2 aromatic carbocycles. The van der Waals surface area contributed by atoms with Gasteiger partial charge in [-0.1, -0.05) is 25.0 Å². The van der Waals surface area contributed by atoms with Crippen LogP contribution >= 0.6 is 22.6 Å². The molecule has 1 fully saturated rings. The number of amides is 2. The molecule has 0 atom stereocenters. The van der Waals surface area contributed by atoms with Crippen molar-refractivity contribution in [3.63, 3.8) is 0 Å². The first kappa shape index (κ1) is 20.6. The van der Waals surface area contributed by atoms with Crippen LogP contribution < -0.4 is 10.1 Å². The Bertz CT molecular complexity index is 845. The van der Waals surface area contributed by atoms with E-state index in [0.717, 1.165) is 40.8 Å². The van der Waals surface area contributed by atoms with Gasteiger partial charge in [-0.25, -0.2) is 0 Å². The fraction of sp³-hybridized carbons (Fsp3) is 0.364. The molecule has 5 nitrogen and oxygen atoms in total. The first-order chi connectivity index (χ1) is 13.5. The van der Waals surface area contributed by atoms with Gasteiger partial charge in [0.2, 0.25) is 0 Å². The third-order valence-corrected chi connectivity index (χ3v) is 5.55. The van der Waals surface area contributed by atoms with Crippen molar-refractivity contribution in [2.45, 2.75) is 32.6 Å². The molecule has 2 aromatic rings. The van der Waals surface area contributed by atoms with Crippen molar-refractivity contribution < 1.29 is 14.3 Å². The minimum atomic E-state index is -0.248. The van der Waals surface area contributed by atoms with Crippen LogP contribution in [-0.4, -0.2) is 36.4 Å². The topological polar surface area (TPSA) is 58.6 Å². The molecule has 0 aromatic heterocycles. The van der Waals surface area contributed by atoms with Crippen LogP contribution in [0.25, 0.3) is 0 Å². The molecule has 0 saturated carbocycles. The van der Waals surface area contributed by atoms with Crippen LogP contribution in [0.3, 0.4) is 0 Å². The molecule has 1 saturated heterocycles. The van der Waals surface area contributed by atoms with Gasteiger partial charge in [-0.3, -0.25) is 9.59 Å². The largest absolute Gasteiger partial charge is 0.483 e. The summed E-state index contributed by atoms with van der Waals surface area (Å²) in [4.78, 5) is 27.1. The fourth-order valence-electron chi connectivity index (χ4n) is 3.29. The first-order valence-corrected chi connectivity index (χ1v) is 10.7. The molecule has 0 spiro atoms. The zero-order valence-electron chi connectivity index (χ0n) is 16.0. The number of aryl methyl sites for hydroxylation is 1. The Morgan fingerprint density at radius 1 is 1.07 bits per heavy atom. The van der Waals surface area contributed by atoms with E-state index in [4.69, 9.17) is 4.74 Å². The van der Waals surface area contributed by atoms with Crippen molar-refractivity contribution in [3.8, 4) is 5.75 Å². The maximum atomic E-state index is 12.8. The molecular weight excluding hydrogens is 467 g/mol. The van der Waals surface area contributed by atoms with Crippen molar-refractivity contribution in [3.05, 3.63) is 57.2 Å². The number of hydrogen-bond acceptors (Lipinski definition) is 3. The standard InChI is InChI=1S/C22H25IN2O3/c1-16-14-17(23)10-11-19(16)24-22(27)18-8-4-5-9-20(18)28-15-21(26)25-12-6-2-3-7-13-25/h4-5,8-11,14H,2-3,6-7,12-13,15H2,1H3,(H,24,27). The van der Waals surface area contributed by atoms with Gasteiger partial charge in [0.05, 0.1) is 5.56 Å². The summed E-state index contributed by atoms with van der Waals surface area (Å²) < 4.78 is 6.86. The number of benzene rings is 2. The predicted molar refractivity (Wildman–Crippen MR) is 119 cm³/mol. The zero-order valence-corrected chi connectivity index (χ0v) is 18.2. The summed E-state index contributed by atoms with van der Waals surface area (Å²) >= 11 is 2.24. The van der Waals surface area contributed by atoms with Crippen molar-refractivity contribution >= 4 is 40.1 Å². The molecule has 0 unspecified atom stereocenters. The van der Waals surface area contributed by atoms with Crippen LogP contribution in [0.1, 0.15) is 41.6 Å². The van der Waals surface area contributed by atoms with Crippen LogP contribution in [0.5, 0.6) is 5.75 Å². The maximum absolute atomic E-state index is 12.8. The lowest BCUT2D eigenvalue weighted by Crippen LogP contribution is -2.35. The van der Waals surface area contributed by atoms with Crippen molar-refractivity contribution in [2.24, 2.45) is 0 Å². The van der Waals surface area contributed by atoms with E-state index >= 15 is 0 Å². The summed E-state index contributed by atoms with van der Waals surface area (Å²) in [6.07, 6.45) is 4.43. The molecule has 1 N–H and O–H groups in total. The lowest BCUT2D eigenvalue weighted by molar-refractivity contribution is -0.133. The molecule has 6 heteroatoms. The van der Waals surface area contributed by atoms with Crippen molar-refractivity contribution in [1.82, 2.24) is 4.90 Å². The van der Waals surface area contributed by atoms with E-state index in [2.05, 4.69) is 27.9 Å². The summed E-state index contributed by atoms with van der Waals surface area (Å²) in [7, 11) is 0. The lowest BCUT2D eigenvalue weighted by atomic mass is 10.1. The molecular formula is C22H25IN2O3. The normalized spacial score (nSPS) is 14.3. The van der Waals surface area contributed by atoms with Crippen molar-refractivity contribution in [2.75, 3.05) is 25.0 Å². The van der Waals surface area contributed by atoms with Gasteiger partial charge >= 0.3 is 0 Å². The summed E-state index contributed by atoms with van der Waals surface area (Å²) in [5.41, 5.74) is 2.18. The van der Waals surface area contributed by atoms with E-state index in [-0.39, 0.29) is 18.4 Å². The smallest absolute Gasteiger partial charge is 0.260 e. The third-order valence-electron chi connectivity index (χ3n) is 4.88. The number of anilines is 1. The van der Waals surface area contributed by atoms with Gasteiger partial charge in [0.1, 0.15) is 5.75 Å². The van der Waals surface area contributed by atoms with Gasteiger partial charge in [0.15, 0.2) is 6.61 Å². The van der Waals surface area contributed by atoms with E-state index in [1.54, 1.807) is 24.3 Å². The Morgan fingerprint density at radius 2 is 1.79 bits per heavy atom. The number of halogens is 1. The number of ether oxygens (including phenoxy) is 1. The van der Waals surface area contributed by atoms with Gasteiger partial charge in [0, 0.05) is 22.3 Å². The van der Waals surface area contributed by atoms with Crippen LogP contribution in [0.15, 0.2) is 42.5 Å². The van der Waals surface area contributed by atoms with E-state index < -0.39 is 0 Å². The predicted octanol–water partition coefficient (Wildman–Crippen LogP) is 4.63. The van der Waals surface area contributed by atoms with Gasteiger partial charge in [0.25, 0.3) is 11.8 Å². The first-order valence-electron chi connectivity index (χ1n) is 9.62. The molecule has 1 heterocycles. The highest BCUT2D eigenvalue weighted by Crippen LogP contribution is 2.22. The Balaban J connectivity index is 1.66. The lowest BCUT2D eigenvalue weighted by Gasteiger charge is -2.20. The van der Waals surface area contributed by atoms with E-state index in [0.29, 0.717) is 11.3 Å². The van der Waals surface area contributed by atoms with Crippen LogP contribution in [0.2, 0.25) is 0 Å². The minimum Gasteiger partial charge on any atom is -0.483 e. The van der Waals surface area contributed by atoms with Crippen LogP contribution in [0.4, 0.5) is 5.69 Å². The van der Waals surface area contributed by atoms with Crippen LogP contribution in [0, 0.1) is 10.5 Å². The number of nitrogens with zero attached hydrogens (tertiary/aromatic N) is 1. The molecule has 1 aliphatic heterocycles. The minimum absolute atomic E-state index is 0.0226. The van der Waals surface area contributed by atoms with E-state index in [1.807, 2.05) is 30.0 Å². The van der Waals surface area contributed by atoms with E-state index in [9.17, 15) is 9.59 Å². The highest BCUT2D eigenvalue weighted by atomic mass is 127. The molecule has 0 aliphatic carbocycles. The van der Waals surface area contributed by atoms with E-state index in [1.165, 1.54) is 12.8 Å². The van der Waals surface area contributed by atoms with Gasteiger partial charge in [-0.2, -0.15) is 0 Å². The third kappa shape index (κ3) is 5.47. The number of rotatable bonds is 5. The average molecular weight is 492 g/mol. The molecule has 0 bridgehead atoms. The molecule has 2 amide bonds. The molecule has 1 aliphatic rings. The van der Waals surface area contributed by atoms with Gasteiger partial charge < -0.3 is 15.0 Å². The number of para-hydroxylation sites is 1. The summed E-state index contributed by atoms with van der Waals surface area (Å²) in [6, 6.07) is 12.9. The Labute approximate surface area is 179 Å². The number of nitrogens with one attached hydrogen (secondary N) is 1. The monoisotopic (exact) mass is 492 g/mol. The number of hydrogen-bond donors (Lipinski definition) is 1. The number of carbonyl (C=O) groups is 2. The van der Waals surface area contributed by atoms with Gasteiger partial charge in [-0.05, 0) is 78.3 Å². The zero-order chi connectivity index (χ0) is 19.9. The SMILES string of the molecule is Cc1cc(I)ccc1NC(=O)c1ccccc1OCC(=O)N1CCCCCC1. The van der Waals surface area contributed by atoms with Crippen molar-refractivity contribution in [1.29, 1.82) is 0 Å². The highest BCUT2D eigenvalue weighted by molar-refractivity contribution is 14.1. The number of carbonyl (C=O) groups excluding carboxylic acids is 2. The van der Waals surface area contributed by atoms with Gasteiger partial charge in [-0.15, -0.1) is 0 Å². The molecule has 28 heavy (non-hydrogen) atoms. The summed E-state index contributed by atoms with van der Waals surface area (Å²) in [6.45, 7) is 3.49. The fourth-order valence-corrected chi connectivity index (χ4v) is 3.93. The summed E-state index contributed by atoms with van der Waals surface area (Å²) in [5, 5.41) is 2.94. The Hall–Kier alpha value is -2.09. The quantitative estimate of drug-likeness (QED) is 0.620. The molecule has 0 radical (unpaired) electrons. The average Bonchev–Trinajstić information content (AvgIpc) is 2.98. The Morgan fingerprint density at radius 3 is 2.50 bits per heavy atom. The molecule has 148 valence electrons. The highest BCUT2D eigenvalue weighted by Gasteiger charge is 2.18. The number of likely N-dealkylation sites (tertiary alicyclic amines) is 1.